The molecule has 2 amide bonds. The smallest absolute Gasteiger partial charge is 0.252 e. The van der Waals surface area contributed by atoms with Gasteiger partial charge >= 0.3 is 0 Å². The zero-order valence-corrected chi connectivity index (χ0v) is 16.4. The van der Waals surface area contributed by atoms with Crippen LogP contribution in [-0.4, -0.2) is 20.2 Å². The van der Waals surface area contributed by atoms with Crippen LogP contribution in [0.2, 0.25) is 0 Å². The monoisotopic (exact) mass is 423 g/mol. The molecule has 2 aromatic carbocycles. The van der Waals surface area contributed by atoms with Crippen LogP contribution in [0.1, 0.15) is 17.4 Å². The number of anilines is 2. The molecule has 2 heterocycles. The molecule has 1 aliphatic rings. The van der Waals surface area contributed by atoms with Gasteiger partial charge in [-0.3, -0.25) is 14.5 Å². The van der Waals surface area contributed by atoms with E-state index >= 15 is 0 Å². The first-order valence-electron chi connectivity index (χ1n) is 8.92. The number of furan rings is 1. The molecule has 1 unspecified atom stereocenters. The first-order valence-corrected chi connectivity index (χ1v) is 10.5. The highest BCUT2D eigenvalue weighted by Crippen LogP contribution is 2.39. The number of fused-ring (bicyclic) bond motifs is 1. The fraction of sp³-hybridized carbons (Fsp3) is 0.0476. The van der Waals surface area contributed by atoms with Gasteiger partial charge in [0.15, 0.2) is 0 Å². The number of rotatable bonds is 4. The van der Waals surface area contributed by atoms with E-state index in [4.69, 9.17) is 9.56 Å². The number of carbonyl (C=O) groups excluding carboxylic acids is 2. The van der Waals surface area contributed by atoms with E-state index in [0.29, 0.717) is 17.0 Å². The highest BCUT2D eigenvalue weighted by molar-refractivity contribution is 7.89. The summed E-state index contributed by atoms with van der Waals surface area (Å²) in [5.41, 5.74) is 1.14. The van der Waals surface area contributed by atoms with E-state index in [9.17, 15) is 18.0 Å². The molecule has 8 nitrogen and oxygen atoms in total. The minimum absolute atomic E-state index is 0.168. The van der Waals surface area contributed by atoms with Crippen LogP contribution in [-0.2, 0) is 19.6 Å². The third-order valence-corrected chi connectivity index (χ3v) is 5.52. The lowest BCUT2D eigenvalue weighted by molar-refractivity contribution is -0.121. The molecule has 0 saturated heterocycles. The van der Waals surface area contributed by atoms with Crippen molar-refractivity contribution in [2.75, 3.05) is 10.2 Å². The van der Waals surface area contributed by atoms with E-state index in [1.165, 1.54) is 41.5 Å². The Kier molecular flexibility index (Phi) is 4.98. The number of hydrogen-bond donors (Lipinski definition) is 2. The van der Waals surface area contributed by atoms with Gasteiger partial charge in [-0.1, -0.05) is 30.3 Å². The maximum absolute atomic E-state index is 13.1. The van der Waals surface area contributed by atoms with Gasteiger partial charge in [0.2, 0.25) is 10.0 Å². The molecule has 0 fully saturated rings. The predicted octanol–water partition coefficient (Wildman–Crippen LogP) is 2.67. The van der Waals surface area contributed by atoms with E-state index in [-0.39, 0.29) is 10.6 Å². The first kappa shape index (κ1) is 19.6. The van der Waals surface area contributed by atoms with E-state index in [2.05, 4.69) is 5.32 Å². The Hall–Kier alpha value is -3.69. The molecule has 0 saturated carbocycles. The number of hydrogen-bond acceptors (Lipinski definition) is 5. The molecule has 1 aromatic heterocycles. The summed E-state index contributed by atoms with van der Waals surface area (Å²) < 4.78 is 28.6. The number of primary sulfonamides is 1. The molecule has 0 aliphatic carbocycles. The van der Waals surface area contributed by atoms with Gasteiger partial charge in [-0.2, -0.15) is 0 Å². The molecule has 0 bridgehead atoms. The van der Waals surface area contributed by atoms with Crippen molar-refractivity contribution in [2.24, 2.45) is 5.14 Å². The van der Waals surface area contributed by atoms with Crippen LogP contribution >= 0.6 is 0 Å². The van der Waals surface area contributed by atoms with Gasteiger partial charge < -0.3 is 9.73 Å². The molecule has 152 valence electrons. The highest BCUT2D eigenvalue weighted by atomic mass is 32.2. The van der Waals surface area contributed by atoms with Crippen molar-refractivity contribution in [2.45, 2.75) is 10.9 Å². The van der Waals surface area contributed by atoms with Crippen LogP contribution < -0.4 is 15.4 Å². The highest BCUT2D eigenvalue weighted by Gasteiger charge is 2.37. The number of carbonyl (C=O) groups is 2. The Labute approximate surface area is 172 Å². The van der Waals surface area contributed by atoms with Crippen molar-refractivity contribution >= 4 is 39.3 Å². The van der Waals surface area contributed by atoms with Crippen molar-refractivity contribution in [1.82, 2.24) is 0 Å². The minimum Gasteiger partial charge on any atom is -0.465 e. The molecular formula is C21H17N3O5S. The number of amides is 2. The van der Waals surface area contributed by atoms with Crippen LogP contribution in [0.15, 0.2) is 82.3 Å². The maximum atomic E-state index is 13.1. The number of benzene rings is 2. The zero-order valence-electron chi connectivity index (χ0n) is 15.6. The molecule has 1 aliphatic heterocycles. The Bertz CT molecular complexity index is 1230. The lowest BCUT2D eigenvalue weighted by Gasteiger charge is -2.36. The predicted molar refractivity (Wildman–Crippen MR) is 111 cm³/mol. The van der Waals surface area contributed by atoms with Gasteiger partial charge in [0.25, 0.3) is 11.8 Å². The Balaban J connectivity index is 1.82. The lowest BCUT2D eigenvalue weighted by Crippen LogP contribution is -2.44. The van der Waals surface area contributed by atoms with Gasteiger partial charge in [-0.15, -0.1) is 0 Å². The largest absolute Gasteiger partial charge is 0.465 e. The summed E-state index contributed by atoms with van der Waals surface area (Å²) in [6.07, 6.45) is 4.27. The molecular weight excluding hydrogens is 406 g/mol. The second-order valence-corrected chi connectivity index (χ2v) is 8.14. The van der Waals surface area contributed by atoms with Gasteiger partial charge in [-0.05, 0) is 42.0 Å². The number of sulfonamides is 1. The molecule has 0 spiro atoms. The van der Waals surface area contributed by atoms with Crippen molar-refractivity contribution < 1.29 is 22.4 Å². The summed E-state index contributed by atoms with van der Waals surface area (Å²) in [5, 5.41) is 7.88. The Morgan fingerprint density at radius 1 is 1.10 bits per heavy atom. The molecule has 4 rings (SSSR count). The Morgan fingerprint density at radius 3 is 2.53 bits per heavy atom. The Morgan fingerprint density at radius 2 is 1.87 bits per heavy atom. The van der Waals surface area contributed by atoms with Crippen molar-refractivity contribution in [3.63, 3.8) is 0 Å². The van der Waals surface area contributed by atoms with Crippen LogP contribution in [0.4, 0.5) is 11.4 Å². The summed E-state index contributed by atoms with van der Waals surface area (Å²) in [6, 6.07) is 15.2. The lowest BCUT2D eigenvalue weighted by atomic mass is 10.00. The summed E-state index contributed by atoms with van der Waals surface area (Å²) in [6.45, 7) is 0. The standard InChI is InChI=1S/C21H17N3O5S/c22-30(27,28)16-9-10-18-17(13-16)23-21(26)20(14-5-2-1-3-6-14)24(18)19(25)11-8-15-7-4-12-29-15/h1-13,20H,(H,23,26)(H2,22,27,28)/b11-8+. The average molecular weight is 423 g/mol. The van der Waals surface area contributed by atoms with Gasteiger partial charge in [0, 0.05) is 6.08 Å². The van der Waals surface area contributed by atoms with E-state index in [1.807, 2.05) is 0 Å². The van der Waals surface area contributed by atoms with E-state index in [1.54, 1.807) is 42.5 Å². The summed E-state index contributed by atoms with van der Waals surface area (Å²) in [7, 11) is -3.98. The topological polar surface area (TPSA) is 123 Å². The molecule has 3 aromatic rings. The van der Waals surface area contributed by atoms with Crippen LogP contribution in [0, 0.1) is 0 Å². The minimum atomic E-state index is -3.98. The quantitative estimate of drug-likeness (QED) is 0.625. The summed E-state index contributed by atoms with van der Waals surface area (Å²) in [4.78, 5) is 27.2. The first-order chi connectivity index (χ1) is 14.3. The average Bonchev–Trinajstić information content (AvgIpc) is 3.24. The van der Waals surface area contributed by atoms with Crippen LogP contribution in [0.5, 0.6) is 0 Å². The number of nitrogens with one attached hydrogen (secondary N) is 1. The number of nitrogens with two attached hydrogens (primary N) is 1. The molecule has 3 N–H and O–H groups in total. The second kappa shape index (κ2) is 7.62. The number of nitrogens with zero attached hydrogens (tertiary/aromatic N) is 1. The van der Waals surface area contributed by atoms with Gasteiger partial charge in [0.05, 0.1) is 22.5 Å². The van der Waals surface area contributed by atoms with E-state index in [0.717, 1.165) is 0 Å². The van der Waals surface area contributed by atoms with Crippen LogP contribution in [0.25, 0.3) is 6.08 Å². The third kappa shape index (κ3) is 3.76. The van der Waals surface area contributed by atoms with Crippen molar-refractivity contribution in [3.8, 4) is 0 Å². The fourth-order valence-corrected chi connectivity index (χ4v) is 3.80. The third-order valence-electron chi connectivity index (χ3n) is 4.61. The SMILES string of the molecule is NS(=O)(=O)c1ccc2c(c1)NC(=O)C(c1ccccc1)N2C(=O)/C=C/c1ccco1. The van der Waals surface area contributed by atoms with Crippen molar-refractivity contribution in [1.29, 1.82) is 0 Å². The van der Waals surface area contributed by atoms with Gasteiger partial charge in [-0.25, -0.2) is 13.6 Å². The van der Waals surface area contributed by atoms with E-state index < -0.39 is 27.9 Å². The summed E-state index contributed by atoms with van der Waals surface area (Å²) in [5.74, 6) is -0.467. The van der Waals surface area contributed by atoms with Crippen LogP contribution in [0.3, 0.4) is 0 Å². The maximum Gasteiger partial charge on any atom is 0.252 e. The molecule has 9 heteroatoms. The molecule has 30 heavy (non-hydrogen) atoms. The molecule has 0 radical (unpaired) electrons. The second-order valence-electron chi connectivity index (χ2n) is 6.58. The van der Waals surface area contributed by atoms with Gasteiger partial charge in [0.1, 0.15) is 11.8 Å². The molecule has 1 atom stereocenters. The normalized spacial score (nSPS) is 16.4. The van der Waals surface area contributed by atoms with Crippen molar-refractivity contribution in [3.05, 3.63) is 84.3 Å². The summed E-state index contributed by atoms with van der Waals surface area (Å²) >= 11 is 0. The fourth-order valence-electron chi connectivity index (χ4n) is 3.26. The zero-order chi connectivity index (χ0) is 21.3.